The number of rotatable bonds is 4. The summed E-state index contributed by atoms with van der Waals surface area (Å²) in [6, 6.07) is 3.41. The van der Waals surface area contributed by atoms with E-state index in [1.54, 1.807) is 41.4 Å². The van der Waals surface area contributed by atoms with Crippen LogP contribution in [0.2, 0.25) is 0 Å². The summed E-state index contributed by atoms with van der Waals surface area (Å²) >= 11 is 1.57. The molecule has 0 fully saturated rings. The van der Waals surface area contributed by atoms with Crippen molar-refractivity contribution in [1.82, 2.24) is 9.97 Å². The fraction of sp³-hybridized carbons (Fsp3) is 0.100. The highest BCUT2D eigenvalue weighted by Gasteiger charge is 2.02. The Labute approximate surface area is 96.3 Å². The summed E-state index contributed by atoms with van der Waals surface area (Å²) in [7, 11) is 0. The quantitative estimate of drug-likeness (QED) is 0.834. The molecule has 1 amide bonds. The van der Waals surface area contributed by atoms with Crippen LogP contribution in [0.5, 0.6) is 0 Å². The first kappa shape index (κ1) is 10.6. The number of nitrogens with two attached hydrogens (primary N) is 1. The summed E-state index contributed by atoms with van der Waals surface area (Å²) in [6.45, 7) is 0.673. The molecule has 82 valence electrons. The topological polar surface area (TPSA) is 80.9 Å². The lowest BCUT2D eigenvalue weighted by Crippen LogP contribution is -2.13. The minimum Gasteiger partial charge on any atom is -0.380 e. The molecule has 0 atom stereocenters. The first-order chi connectivity index (χ1) is 7.75. The van der Waals surface area contributed by atoms with Gasteiger partial charge in [0.1, 0.15) is 5.69 Å². The van der Waals surface area contributed by atoms with Gasteiger partial charge in [-0.2, -0.15) is 0 Å². The van der Waals surface area contributed by atoms with Crippen molar-refractivity contribution in [2.45, 2.75) is 6.54 Å². The third-order valence-corrected chi connectivity index (χ3v) is 2.74. The summed E-state index contributed by atoms with van der Waals surface area (Å²) in [4.78, 5) is 19.9. The number of nitrogens with zero attached hydrogens (tertiary/aromatic N) is 2. The second-order valence-corrected chi connectivity index (χ2v) is 4.09. The van der Waals surface area contributed by atoms with Gasteiger partial charge in [0.2, 0.25) is 0 Å². The van der Waals surface area contributed by atoms with Crippen LogP contribution in [0.15, 0.2) is 30.0 Å². The van der Waals surface area contributed by atoms with Gasteiger partial charge in [0, 0.05) is 23.0 Å². The second-order valence-electron chi connectivity index (χ2n) is 3.12. The van der Waals surface area contributed by atoms with Crippen molar-refractivity contribution in [2.75, 3.05) is 5.32 Å². The minimum atomic E-state index is -0.526. The number of anilines is 1. The molecule has 2 heterocycles. The molecule has 0 aromatic carbocycles. The first-order valence-corrected chi connectivity index (χ1v) is 5.51. The Morgan fingerprint density at radius 3 is 3.12 bits per heavy atom. The average Bonchev–Trinajstić information content (AvgIpc) is 2.79. The maximum atomic E-state index is 10.9. The number of hydrogen-bond donors (Lipinski definition) is 2. The van der Waals surface area contributed by atoms with E-state index in [0.29, 0.717) is 6.54 Å². The van der Waals surface area contributed by atoms with Crippen LogP contribution < -0.4 is 11.1 Å². The smallest absolute Gasteiger partial charge is 0.267 e. The van der Waals surface area contributed by atoms with Gasteiger partial charge in [0.05, 0.1) is 12.1 Å². The monoisotopic (exact) mass is 234 g/mol. The van der Waals surface area contributed by atoms with Crippen LogP contribution in [0.1, 0.15) is 15.4 Å². The average molecular weight is 234 g/mol. The van der Waals surface area contributed by atoms with E-state index < -0.39 is 5.91 Å². The summed E-state index contributed by atoms with van der Waals surface area (Å²) in [5, 5.41) is 3.16. The lowest BCUT2D eigenvalue weighted by atomic mass is 10.3. The number of amides is 1. The predicted octanol–water partition coefficient (Wildman–Crippen LogP) is 1.25. The Balaban J connectivity index is 2.04. The molecule has 16 heavy (non-hydrogen) atoms. The Morgan fingerprint density at radius 2 is 2.44 bits per heavy atom. The normalized spacial score (nSPS) is 10.0. The number of primary amides is 1. The SMILES string of the molecule is NC(=O)c1cc(NCc2cncs2)ccn1. The van der Waals surface area contributed by atoms with Gasteiger partial charge in [-0.05, 0) is 12.1 Å². The van der Waals surface area contributed by atoms with Crippen molar-refractivity contribution < 1.29 is 4.79 Å². The molecule has 0 saturated carbocycles. The van der Waals surface area contributed by atoms with Crippen LogP contribution in [-0.2, 0) is 6.54 Å². The van der Waals surface area contributed by atoms with Crippen molar-refractivity contribution >= 4 is 22.9 Å². The van der Waals surface area contributed by atoms with Gasteiger partial charge in [0.15, 0.2) is 0 Å². The van der Waals surface area contributed by atoms with Crippen molar-refractivity contribution in [3.63, 3.8) is 0 Å². The number of thiazole rings is 1. The highest BCUT2D eigenvalue weighted by atomic mass is 32.1. The van der Waals surface area contributed by atoms with E-state index >= 15 is 0 Å². The van der Waals surface area contributed by atoms with Crippen molar-refractivity contribution in [2.24, 2.45) is 5.73 Å². The summed E-state index contributed by atoms with van der Waals surface area (Å²) < 4.78 is 0. The molecule has 5 nitrogen and oxygen atoms in total. The summed E-state index contributed by atoms with van der Waals surface area (Å²) in [6.07, 6.45) is 3.35. The third kappa shape index (κ3) is 2.54. The van der Waals surface area contributed by atoms with Gasteiger partial charge in [-0.25, -0.2) is 0 Å². The zero-order chi connectivity index (χ0) is 11.4. The van der Waals surface area contributed by atoms with Crippen molar-refractivity contribution in [3.8, 4) is 0 Å². The highest BCUT2D eigenvalue weighted by Crippen LogP contribution is 2.11. The van der Waals surface area contributed by atoms with Gasteiger partial charge in [0.25, 0.3) is 5.91 Å². The van der Waals surface area contributed by atoms with Gasteiger partial charge in [-0.15, -0.1) is 11.3 Å². The molecular formula is C10H10N4OS. The molecule has 2 aromatic rings. The standard InChI is InChI=1S/C10H10N4OS/c11-10(15)9-3-7(1-2-13-9)14-5-8-4-12-6-16-8/h1-4,6H,5H2,(H2,11,15)(H,13,14). The van der Waals surface area contributed by atoms with Crippen LogP contribution in [0.3, 0.4) is 0 Å². The molecule has 6 heteroatoms. The lowest BCUT2D eigenvalue weighted by molar-refractivity contribution is 0.0995. The molecule has 3 N–H and O–H groups in total. The number of aromatic nitrogens is 2. The number of carbonyl (C=O) groups excluding carboxylic acids is 1. The molecule has 2 rings (SSSR count). The number of hydrogen-bond acceptors (Lipinski definition) is 5. The van der Waals surface area contributed by atoms with Gasteiger partial charge in [-0.3, -0.25) is 14.8 Å². The molecule has 2 aromatic heterocycles. The van der Waals surface area contributed by atoms with Gasteiger partial charge in [-0.1, -0.05) is 0 Å². The molecule has 0 radical (unpaired) electrons. The summed E-state index contributed by atoms with van der Waals surface area (Å²) in [5.74, 6) is -0.526. The fourth-order valence-corrected chi connectivity index (χ4v) is 1.73. The molecule has 0 aliphatic heterocycles. The number of nitrogens with one attached hydrogen (secondary N) is 1. The fourth-order valence-electron chi connectivity index (χ4n) is 1.19. The maximum absolute atomic E-state index is 10.9. The van der Waals surface area contributed by atoms with Crippen LogP contribution >= 0.6 is 11.3 Å². The minimum absolute atomic E-state index is 0.259. The first-order valence-electron chi connectivity index (χ1n) is 4.63. The van der Waals surface area contributed by atoms with E-state index in [2.05, 4.69) is 15.3 Å². The van der Waals surface area contributed by atoms with Crippen molar-refractivity contribution in [1.29, 1.82) is 0 Å². The molecule has 0 aliphatic rings. The zero-order valence-corrected chi connectivity index (χ0v) is 9.20. The van der Waals surface area contributed by atoms with E-state index in [4.69, 9.17) is 5.73 Å². The van der Waals surface area contributed by atoms with E-state index in [0.717, 1.165) is 10.6 Å². The Hall–Kier alpha value is -1.95. The Morgan fingerprint density at radius 1 is 1.56 bits per heavy atom. The van der Waals surface area contributed by atoms with E-state index in [9.17, 15) is 4.79 Å². The predicted molar refractivity (Wildman–Crippen MR) is 62.2 cm³/mol. The third-order valence-electron chi connectivity index (χ3n) is 1.96. The molecular weight excluding hydrogens is 224 g/mol. The van der Waals surface area contributed by atoms with Crippen molar-refractivity contribution in [3.05, 3.63) is 40.6 Å². The van der Waals surface area contributed by atoms with Crippen LogP contribution in [-0.4, -0.2) is 15.9 Å². The Bertz CT molecular complexity index is 483. The zero-order valence-electron chi connectivity index (χ0n) is 8.38. The van der Waals surface area contributed by atoms with E-state index in [1.807, 2.05) is 0 Å². The van der Waals surface area contributed by atoms with Gasteiger partial charge < -0.3 is 11.1 Å². The van der Waals surface area contributed by atoms with E-state index in [1.165, 1.54) is 0 Å². The molecule has 0 saturated heterocycles. The number of carbonyl (C=O) groups is 1. The van der Waals surface area contributed by atoms with Crippen LogP contribution in [0.25, 0.3) is 0 Å². The molecule has 0 aliphatic carbocycles. The van der Waals surface area contributed by atoms with E-state index in [-0.39, 0.29) is 5.69 Å². The highest BCUT2D eigenvalue weighted by molar-refractivity contribution is 7.09. The largest absolute Gasteiger partial charge is 0.380 e. The second kappa shape index (κ2) is 4.71. The number of pyridine rings is 1. The Kier molecular flexibility index (Phi) is 3.11. The van der Waals surface area contributed by atoms with Crippen LogP contribution in [0.4, 0.5) is 5.69 Å². The van der Waals surface area contributed by atoms with Crippen LogP contribution in [0, 0.1) is 0 Å². The molecule has 0 bridgehead atoms. The summed E-state index contributed by atoms with van der Waals surface area (Å²) in [5.41, 5.74) is 7.99. The lowest BCUT2D eigenvalue weighted by Gasteiger charge is -2.04. The molecule has 0 spiro atoms. The maximum Gasteiger partial charge on any atom is 0.267 e. The van der Waals surface area contributed by atoms with Gasteiger partial charge >= 0.3 is 0 Å². The molecule has 0 unspecified atom stereocenters.